The molecule has 3 nitrogen and oxygen atoms in total. The second-order valence-corrected chi connectivity index (χ2v) is 8.49. The Kier molecular flexibility index (Phi) is 6.61. The molecule has 1 aromatic heterocycles. The lowest BCUT2D eigenvalue weighted by Gasteiger charge is -2.22. The number of hydrogen-bond acceptors (Lipinski definition) is 4. The highest BCUT2D eigenvalue weighted by Crippen LogP contribution is 2.34. The van der Waals surface area contributed by atoms with Crippen LogP contribution >= 0.6 is 11.3 Å². The summed E-state index contributed by atoms with van der Waals surface area (Å²) < 4.78 is 5.68. The van der Waals surface area contributed by atoms with Gasteiger partial charge in [0.15, 0.2) is 0 Å². The Morgan fingerprint density at radius 3 is 2.63 bits per heavy atom. The second-order valence-electron chi connectivity index (χ2n) is 7.64. The van der Waals surface area contributed by atoms with E-state index in [1.807, 2.05) is 42.6 Å². The van der Waals surface area contributed by atoms with Gasteiger partial charge in [-0.25, -0.2) is 4.98 Å². The van der Waals surface area contributed by atoms with Gasteiger partial charge in [0.25, 0.3) is 0 Å². The zero-order valence-electron chi connectivity index (χ0n) is 17.3. The highest BCUT2D eigenvalue weighted by atomic mass is 32.1. The summed E-state index contributed by atoms with van der Waals surface area (Å²) in [6, 6.07) is 18.9. The molecule has 1 aliphatic rings. The molecule has 0 aliphatic heterocycles. The van der Waals surface area contributed by atoms with Crippen LogP contribution in [0, 0.1) is 11.3 Å². The van der Waals surface area contributed by atoms with Crippen LogP contribution in [0.25, 0.3) is 22.9 Å². The minimum Gasteiger partial charge on any atom is -0.493 e. The lowest BCUT2D eigenvalue weighted by molar-refractivity contribution is 0.339. The molecule has 0 amide bonds. The Morgan fingerprint density at radius 2 is 1.90 bits per heavy atom. The van der Waals surface area contributed by atoms with Crippen LogP contribution in [0.2, 0.25) is 0 Å². The Hall–Kier alpha value is -2.90. The van der Waals surface area contributed by atoms with E-state index in [1.54, 1.807) is 0 Å². The summed E-state index contributed by atoms with van der Waals surface area (Å²) >= 11 is 1.51. The maximum atomic E-state index is 9.73. The molecule has 1 saturated carbocycles. The molecule has 0 atom stereocenters. The first kappa shape index (κ1) is 20.4. The summed E-state index contributed by atoms with van der Waals surface area (Å²) in [7, 11) is 0. The van der Waals surface area contributed by atoms with Gasteiger partial charge in [0.2, 0.25) is 0 Å². The number of allylic oxidation sites excluding steroid dienone is 1. The van der Waals surface area contributed by atoms with E-state index in [2.05, 4.69) is 30.3 Å². The third-order valence-corrected chi connectivity index (χ3v) is 6.53. The average Bonchev–Trinajstić information content (AvgIpc) is 3.29. The quantitative estimate of drug-likeness (QED) is 0.397. The molecule has 1 aliphatic carbocycles. The Labute approximate surface area is 182 Å². The fourth-order valence-corrected chi connectivity index (χ4v) is 4.87. The maximum Gasteiger partial charge on any atom is 0.134 e. The molecule has 0 bridgehead atoms. The molecule has 30 heavy (non-hydrogen) atoms. The second kappa shape index (κ2) is 9.73. The van der Waals surface area contributed by atoms with Gasteiger partial charge in [0.1, 0.15) is 16.8 Å². The predicted octanol–water partition coefficient (Wildman–Crippen LogP) is 7.32. The summed E-state index contributed by atoms with van der Waals surface area (Å²) in [6.07, 6.45) is 8.54. The van der Waals surface area contributed by atoms with Crippen molar-refractivity contribution in [2.45, 2.75) is 44.9 Å². The first-order valence-corrected chi connectivity index (χ1v) is 11.6. The summed E-state index contributed by atoms with van der Waals surface area (Å²) in [6.45, 7) is 2.54. The van der Waals surface area contributed by atoms with Gasteiger partial charge >= 0.3 is 0 Å². The molecule has 1 heterocycles. The van der Waals surface area contributed by atoms with E-state index in [0.29, 0.717) is 18.1 Å². The first-order valence-electron chi connectivity index (χ1n) is 10.7. The lowest BCUT2D eigenvalue weighted by Crippen LogP contribution is -2.04. The SMILES string of the molecule is CCOc1ccccc1C=C(C#N)c1nc(-c2ccc(C3CCCCC3)cc2)cs1. The molecular weight excluding hydrogens is 388 g/mol. The number of aromatic nitrogens is 1. The molecule has 0 saturated heterocycles. The van der Waals surface area contributed by atoms with E-state index in [1.165, 1.54) is 49.0 Å². The minimum atomic E-state index is 0.553. The topological polar surface area (TPSA) is 45.9 Å². The summed E-state index contributed by atoms with van der Waals surface area (Å²) in [5.74, 6) is 1.49. The average molecular weight is 415 g/mol. The van der Waals surface area contributed by atoms with Crippen molar-refractivity contribution >= 4 is 23.0 Å². The van der Waals surface area contributed by atoms with Crippen LogP contribution in [-0.2, 0) is 0 Å². The van der Waals surface area contributed by atoms with Crippen molar-refractivity contribution in [1.82, 2.24) is 4.98 Å². The highest BCUT2D eigenvalue weighted by Gasteiger charge is 2.16. The molecule has 152 valence electrons. The van der Waals surface area contributed by atoms with Crippen molar-refractivity contribution in [1.29, 1.82) is 5.26 Å². The number of ether oxygens (including phenoxy) is 1. The van der Waals surface area contributed by atoms with E-state index in [9.17, 15) is 5.26 Å². The summed E-state index contributed by atoms with van der Waals surface area (Å²) in [5, 5.41) is 12.5. The first-order chi connectivity index (χ1) is 14.8. The van der Waals surface area contributed by atoms with Crippen LogP contribution in [-0.4, -0.2) is 11.6 Å². The normalized spacial score (nSPS) is 15.0. The van der Waals surface area contributed by atoms with Gasteiger partial charge < -0.3 is 4.74 Å². The smallest absolute Gasteiger partial charge is 0.134 e. The van der Waals surface area contributed by atoms with Crippen LogP contribution in [0.4, 0.5) is 0 Å². The largest absolute Gasteiger partial charge is 0.493 e. The van der Waals surface area contributed by atoms with Crippen LogP contribution in [0.5, 0.6) is 5.75 Å². The third kappa shape index (κ3) is 4.63. The van der Waals surface area contributed by atoms with Gasteiger partial charge in [0, 0.05) is 16.5 Å². The van der Waals surface area contributed by atoms with Crippen molar-refractivity contribution < 1.29 is 4.74 Å². The zero-order valence-corrected chi connectivity index (χ0v) is 18.1. The number of para-hydroxylation sites is 1. The Morgan fingerprint density at radius 1 is 1.13 bits per heavy atom. The van der Waals surface area contributed by atoms with Crippen LogP contribution in [0.15, 0.2) is 53.9 Å². The van der Waals surface area contributed by atoms with Crippen LogP contribution < -0.4 is 4.74 Å². The van der Waals surface area contributed by atoms with Crippen molar-refractivity contribution in [2.75, 3.05) is 6.61 Å². The molecular formula is C26H26N2OS. The molecule has 0 spiro atoms. The number of thiazole rings is 1. The molecule has 4 rings (SSSR count). The minimum absolute atomic E-state index is 0.553. The van der Waals surface area contributed by atoms with Gasteiger partial charge in [-0.3, -0.25) is 0 Å². The Bertz CT molecular complexity index is 1050. The van der Waals surface area contributed by atoms with E-state index in [4.69, 9.17) is 9.72 Å². The summed E-state index contributed by atoms with van der Waals surface area (Å²) in [4.78, 5) is 4.75. The molecule has 0 radical (unpaired) electrons. The number of nitriles is 1. The third-order valence-electron chi connectivity index (χ3n) is 5.66. The van der Waals surface area contributed by atoms with E-state index in [-0.39, 0.29) is 0 Å². The fourth-order valence-electron chi connectivity index (χ4n) is 4.08. The molecule has 1 fully saturated rings. The predicted molar refractivity (Wildman–Crippen MR) is 124 cm³/mol. The molecule has 4 heteroatoms. The molecule has 0 unspecified atom stereocenters. The van der Waals surface area contributed by atoms with E-state index >= 15 is 0 Å². The van der Waals surface area contributed by atoms with Crippen molar-refractivity contribution in [3.05, 3.63) is 70.0 Å². The van der Waals surface area contributed by atoms with Crippen molar-refractivity contribution in [2.24, 2.45) is 0 Å². The van der Waals surface area contributed by atoms with E-state index in [0.717, 1.165) is 27.6 Å². The lowest BCUT2D eigenvalue weighted by atomic mass is 9.84. The number of rotatable bonds is 6. The highest BCUT2D eigenvalue weighted by molar-refractivity contribution is 7.11. The molecule has 3 aromatic rings. The van der Waals surface area contributed by atoms with Gasteiger partial charge in [-0.1, -0.05) is 61.7 Å². The molecule has 0 N–H and O–H groups in total. The fraction of sp³-hybridized carbons (Fsp3) is 0.308. The monoisotopic (exact) mass is 414 g/mol. The molecule has 2 aromatic carbocycles. The zero-order chi connectivity index (χ0) is 20.8. The standard InChI is InChI=1S/C26H26N2OS/c1-2-29-25-11-7-6-10-22(25)16-23(17-27)26-28-24(18-30-26)21-14-12-20(13-15-21)19-8-4-3-5-9-19/h6-7,10-16,18-19H,2-5,8-9H2,1H3. The van der Waals surface area contributed by atoms with Crippen molar-refractivity contribution in [3.63, 3.8) is 0 Å². The van der Waals surface area contributed by atoms with Gasteiger partial charge in [-0.05, 0) is 43.4 Å². The van der Waals surface area contributed by atoms with Crippen LogP contribution in [0.1, 0.15) is 61.1 Å². The van der Waals surface area contributed by atoms with Gasteiger partial charge in [0.05, 0.1) is 17.9 Å². The number of nitrogens with zero attached hydrogens (tertiary/aromatic N) is 2. The van der Waals surface area contributed by atoms with Gasteiger partial charge in [-0.15, -0.1) is 11.3 Å². The van der Waals surface area contributed by atoms with Crippen LogP contribution in [0.3, 0.4) is 0 Å². The number of benzene rings is 2. The van der Waals surface area contributed by atoms with Crippen molar-refractivity contribution in [3.8, 4) is 23.1 Å². The van der Waals surface area contributed by atoms with Gasteiger partial charge in [-0.2, -0.15) is 5.26 Å². The summed E-state index contributed by atoms with van der Waals surface area (Å²) in [5.41, 5.74) is 4.91. The Balaban J connectivity index is 1.56. The van der Waals surface area contributed by atoms with E-state index < -0.39 is 0 Å². The maximum absolute atomic E-state index is 9.73. The number of hydrogen-bond donors (Lipinski definition) is 0.